The molecule has 0 saturated carbocycles. The van der Waals surface area contributed by atoms with Crippen LogP contribution < -0.4 is 10.4 Å². The van der Waals surface area contributed by atoms with Crippen molar-refractivity contribution in [3.05, 3.63) is 60.7 Å². The van der Waals surface area contributed by atoms with Gasteiger partial charge in [-0.15, -0.1) is 0 Å². The van der Waals surface area contributed by atoms with Crippen molar-refractivity contribution in [1.29, 1.82) is 0 Å². The van der Waals surface area contributed by atoms with Gasteiger partial charge in [0.2, 0.25) is 0 Å². The van der Waals surface area contributed by atoms with E-state index in [4.69, 9.17) is 36.0 Å². The minimum absolute atomic E-state index is 0.117. The molecule has 0 fully saturated rings. The summed E-state index contributed by atoms with van der Waals surface area (Å²) >= 11 is 0. The third-order valence-electron chi connectivity index (χ3n) is 4.94. The Morgan fingerprint density at radius 2 is 1.03 bits per heavy atom. The lowest BCUT2D eigenvalue weighted by atomic mass is 10.4. The van der Waals surface area contributed by atoms with Crippen molar-refractivity contribution in [2.45, 2.75) is 53.8 Å². The molecular weight excluding hydrogens is 508 g/mol. The van der Waals surface area contributed by atoms with Gasteiger partial charge in [0.25, 0.3) is 0 Å². The highest BCUT2D eigenvalue weighted by atomic mass is 28.4. The standard InChI is InChI=1S/C15H26O4Si.C12H20O4Si/c1-5-17-20(18-6-2,15-10-8-7-9-11-15)19-13-12-16-14(3)4;1-11(2)15-10-16-17(13-3,14-4)12-8-6-5-7-9-12/h7-11,14H,5-6,12-13H2,1-4H3;5-9,11H,10H2,1-4H3. The average Bonchev–Trinajstić information content (AvgIpc) is 2.90. The molecule has 0 atom stereocenters. The van der Waals surface area contributed by atoms with Crippen molar-refractivity contribution < 1.29 is 36.0 Å². The maximum absolute atomic E-state index is 6.02. The molecule has 37 heavy (non-hydrogen) atoms. The Kier molecular flexibility index (Phi) is 17.0. The molecule has 0 unspecified atom stereocenters. The number of hydrogen-bond acceptors (Lipinski definition) is 8. The highest BCUT2D eigenvalue weighted by Crippen LogP contribution is 2.11. The van der Waals surface area contributed by atoms with Crippen LogP contribution in [0.1, 0.15) is 41.5 Å². The van der Waals surface area contributed by atoms with Crippen LogP contribution in [0.25, 0.3) is 0 Å². The number of rotatable bonds is 17. The minimum Gasteiger partial charge on any atom is -0.376 e. The molecule has 2 aromatic carbocycles. The molecule has 0 N–H and O–H groups in total. The summed E-state index contributed by atoms with van der Waals surface area (Å²) in [5.74, 6) is 0. The summed E-state index contributed by atoms with van der Waals surface area (Å²) in [6.07, 6.45) is 0.316. The zero-order valence-corrected chi connectivity index (χ0v) is 25.7. The van der Waals surface area contributed by atoms with E-state index >= 15 is 0 Å². The van der Waals surface area contributed by atoms with Crippen LogP contribution >= 0.6 is 0 Å². The van der Waals surface area contributed by atoms with Gasteiger partial charge < -0.3 is 36.0 Å². The Balaban J connectivity index is 0.000000375. The van der Waals surface area contributed by atoms with Gasteiger partial charge in [-0.2, -0.15) is 0 Å². The average molecular weight is 555 g/mol. The van der Waals surface area contributed by atoms with Crippen molar-refractivity contribution >= 4 is 28.0 Å². The molecule has 2 aromatic rings. The molecule has 0 amide bonds. The van der Waals surface area contributed by atoms with Gasteiger partial charge in [-0.3, -0.25) is 0 Å². The van der Waals surface area contributed by atoms with Crippen LogP contribution in [0.2, 0.25) is 0 Å². The first-order valence-electron chi connectivity index (χ1n) is 12.8. The maximum Gasteiger partial charge on any atom is 0.538 e. The van der Waals surface area contributed by atoms with Gasteiger partial charge in [-0.1, -0.05) is 60.7 Å². The number of benzene rings is 2. The van der Waals surface area contributed by atoms with Crippen LogP contribution in [0.5, 0.6) is 0 Å². The molecule has 0 heterocycles. The molecule has 0 saturated heterocycles. The molecule has 0 aliphatic carbocycles. The van der Waals surface area contributed by atoms with E-state index in [1.165, 1.54) is 0 Å². The van der Waals surface area contributed by atoms with Gasteiger partial charge in [-0.05, 0) is 41.5 Å². The van der Waals surface area contributed by atoms with E-state index in [-0.39, 0.29) is 19.0 Å². The fourth-order valence-corrected chi connectivity index (χ4v) is 7.59. The van der Waals surface area contributed by atoms with Gasteiger partial charge in [0.05, 0.1) is 25.4 Å². The minimum atomic E-state index is -2.82. The molecule has 0 aliphatic heterocycles. The summed E-state index contributed by atoms with van der Waals surface area (Å²) in [5.41, 5.74) is 0. The molecule has 10 heteroatoms. The fourth-order valence-electron chi connectivity index (χ4n) is 3.27. The van der Waals surface area contributed by atoms with Crippen LogP contribution in [0, 0.1) is 0 Å². The van der Waals surface area contributed by atoms with Crippen LogP contribution in [0.3, 0.4) is 0 Å². The van der Waals surface area contributed by atoms with Crippen molar-refractivity contribution in [2.75, 3.05) is 47.4 Å². The Bertz CT molecular complexity index is 799. The van der Waals surface area contributed by atoms with E-state index in [9.17, 15) is 0 Å². The summed E-state index contributed by atoms with van der Waals surface area (Å²) in [6.45, 7) is 14.1. The van der Waals surface area contributed by atoms with E-state index in [2.05, 4.69) is 0 Å². The third kappa shape index (κ3) is 11.9. The van der Waals surface area contributed by atoms with E-state index in [1.807, 2.05) is 102 Å². The smallest absolute Gasteiger partial charge is 0.376 e. The van der Waals surface area contributed by atoms with E-state index < -0.39 is 17.6 Å². The van der Waals surface area contributed by atoms with Gasteiger partial charge >= 0.3 is 17.6 Å². The molecule has 210 valence electrons. The molecule has 0 aliphatic rings. The van der Waals surface area contributed by atoms with Gasteiger partial charge in [0.1, 0.15) is 6.79 Å². The lowest BCUT2D eigenvalue weighted by Crippen LogP contribution is -2.57. The summed E-state index contributed by atoms with van der Waals surface area (Å²) in [5, 5.41) is 1.92. The normalized spacial score (nSPS) is 12.1. The Morgan fingerprint density at radius 3 is 1.43 bits per heavy atom. The molecule has 0 bridgehead atoms. The summed E-state index contributed by atoms with van der Waals surface area (Å²) in [4.78, 5) is 0. The van der Waals surface area contributed by atoms with Gasteiger partial charge in [-0.25, -0.2) is 0 Å². The van der Waals surface area contributed by atoms with Crippen LogP contribution in [-0.2, 0) is 36.0 Å². The van der Waals surface area contributed by atoms with Gasteiger partial charge in [0.15, 0.2) is 0 Å². The zero-order valence-electron chi connectivity index (χ0n) is 23.7. The topological polar surface area (TPSA) is 73.8 Å². The van der Waals surface area contributed by atoms with E-state index in [1.54, 1.807) is 14.2 Å². The second kappa shape index (κ2) is 18.7. The first-order valence-corrected chi connectivity index (χ1v) is 16.2. The maximum atomic E-state index is 6.02. The second-order valence-corrected chi connectivity index (χ2v) is 13.7. The van der Waals surface area contributed by atoms with Crippen LogP contribution in [0.15, 0.2) is 60.7 Å². The van der Waals surface area contributed by atoms with Gasteiger partial charge in [0, 0.05) is 37.8 Å². The van der Waals surface area contributed by atoms with Crippen LogP contribution in [-0.4, -0.2) is 77.3 Å². The second-order valence-electron chi connectivity index (χ2n) is 8.36. The number of hydrogen-bond donors (Lipinski definition) is 0. The summed E-state index contributed by atoms with van der Waals surface area (Å²) in [7, 11) is -2.44. The molecule has 0 radical (unpaired) electrons. The first-order chi connectivity index (χ1) is 17.8. The predicted octanol–water partition coefficient (Wildman–Crippen LogP) is 3.87. The first kappa shape index (κ1) is 33.6. The SMILES string of the molecule is CCO[Si](OCC)(OCCOC(C)C)c1ccccc1.CO[Si](OC)(OCOC(C)C)c1ccccc1. The predicted molar refractivity (Wildman–Crippen MR) is 150 cm³/mol. The Morgan fingerprint density at radius 1 is 0.568 bits per heavy atom. The molecule has 8 nitrogen and oxygen atoms in total. The molecule has 0 spiro atoms. The van der Waals surface area contributed by atoms with Crippen LogP contribution in [0.4, 0.5) is 0 Å². The highest BCUT2D eigenvalue weighted by molar-refractivity contribution is 6.75. The van der Waals surface area contributed by atoms with Crippen molar-refractivity contribution in [2.24, 2.45) is 0 Å². The zero-order chi connectivity index (χ0) is 27.6. The van der Waals surface area contributed by atoms with Crippen molar-refractivity contribution in [3.8, 4) is 0 Å². The molecule has 2 rings (SSSR count). The summed E-state index contributed by atoms with van der Waals surface area (Å²) < 4.78 is 45.3. The quantitative estimate of drug-likeness (QED) is 0.166. The highest BCUT2D eigenvalue weighted by Gasteiger charge is 2.43. The fraction of sp³-hybridized carbons (Fsp3) is 0.556. The summed E-state index contributed by atoms with van der Waals surface area (Å²) in [6, 6.07) is 19.6. The monoisotopic (exact) mass is 554 g/mol. The van der Waals surface area contributed by atoms with Crippen molar-refractivity contribution in [1.82, 2.24) is 0 Å². The molecule has 0 aromatic heterocycles. The molecular formula is C27H46O8Si2. The lowest BCUT2D eigenvalue weighted by molar-refractivity contribution is -0.0528. The van der Waals surface area contributed by atoms with Crippen molar-refractivity contribution in [3.63, 3.8) is 0 Å². The van der Waals surface area contributed by atoms with E-state index in [0.717, 1.165) is 10.4 Å². The Labute approximate surface area is 225 Å². The Hall–Kier alpha value is -1.45. The largest absolute Gasteiger partial charge is 0.538 e. The lowest BCUT2D eigenvalue weighted by Gasteiger charge is -2.29. The number of ether oxygens (including phenoxy) is 2. The van der Waals surface area contributed by atoms with E-state index in [0.29, 0.717) is 26.4 Å². The third-order valence-corrected chi connectivity index (χ3v) is 10.5.